The summed E-state index contributed by atoms with van der Waals surface area (Å²) >= 11 is 3.35. The molecule has 0 aliphatic carbocycles. The number of halogens is 1. The lowest BCUT2D eigenvalue weighted by atomic mass is 9.81. The van der Waals surface area contributed by atoms with Crippen molar-refractivity contribution in [2.24, 2.45) is 11.8 Å². The van der Waals surface area contributed by atoms with Gasteiger partial charge in [-0.3, -0.25) is 9.59 Å². The predicted octanol–water partition coefficient (Wildman–Crippen LogP) is 2.12. The number of imide groups is 1. The van der Waals surface area contributed by atoms with E-state index in [1.165, 1.54) is 4.90 Å². The number of nitrogens with zero attached hydrogens (tertiary/aromatic N) is 1. The van der Waals surface area contributed by atoms with Gasteiger partial charge in [-0.15, -0.1) is 0 Å². The Bertz CT molecular complexity index is 543. The standard InChI is InChI=1S/C14H12BrNO3/c15-7-1-3-8(4-2-7)16-13(17)11-9-5-6-10(19-9)12(11)14(16)18/h1-4,9-12H,5-6H2. The fourth-order valence-corrected chi connectivity index (χ4v) is 3.82. The highest BCUT2D eigenvalue weighted by molar-refractivity contribution is 9.10. The van der Waals surface area contributed by atoms with Crippen LogP contribution in [0.1, 0.15) is 12.8 Å². The number of benzene rings is 1. The second-order valence-electron chi connectivity index (χ2n) is 5.33. The number of hydrogen-bond donors (Lipinski definition) is 0. The summed E-state index contributed by atoms with van der Waals surface area (Å²) in [5, 5.41) is 0. The van der Waals surface area contributed by atoms with Gasteiger partial charge >= 0.3 is 0 Å². The molecule has 3 aliphatic rings. The van der Waals surface area contributed by atoms with Crippen molar-refractivity contribution < 1.29 is 14.3 Å². The van der Waals surface area contributed by atoms with E-state index in [9.17, 15) is 9.59 Å². The summed E-state index contributed by atoms with van der Waals surface area (Å²) in [4.78, 5) is 26.3. The van der Waals surface area contributed by atoms with Crippen LogP contribution in [0.25, 0.3) is 0 Å². The Morgan fingerprint density at radius 3 is 2.05 bits per heavy atom. The lowest BCUT2D eigenvalue weighted by Gasteiger charge is -2.17. The van der Waals surface area contributed by atoms with Crippen LogP contribution in [-0.2, 0) is 14.3 Å². The average molecular weight is 322 g/mol. The maximum Gasteiger partial charge on any atom is 0.240 e. The van der Waals surface area contributed by atoms with Crippen molar-refractivity contribution in [2.75, 3.05) is 4.90 Å². The number of amides is 2. The van der Waals surface area contributed by atoms with Gasteiger partial charge in [-0.25, -0.2) is 4.90 Å². The van der Waals surface area contributed by atoms with Gasteiger partial charge in [-0.05, 0) is 37.1 Å². The summed E-state index contributed by atoms with van der Waals surface area (Å²) in [5.41, 5.74) is 0.659. The molecule has 19 heavy (non-hydrogen) atoms. The second kappa shape index (κ2) is 3.90. The molecule has 0 N–H and O–H groups in total. The summed E-state index contributed by atoms with van der Waals surface area (Å²) in [6.07, 6.45) is 1.71. The maximum atomic E-state index is 12.5. The third-order valence-corrected chi connectivity index (χ3v) is 4.90. The molecule has 2 amide bonds. The average Bonchev–Trinajstić information content (AvgIpc) is 3.06. The molecule has 3 fully saturated rings. The molecule has 3 heterocycles. The van der Waals surface area contributed by atoms with E-state index < -0.39 is 0 Å². The van der Waals surface area contributed by atoms with Crippen LogP contribution in [0.15, 0.2) is 28.7 Å². The number of anilines is 1. The fourth-order valence-electron chi connectivity index (χ4n) is 3.56. The Morgan fingerprint density at radius 2 is 1.53 bits per heavy atom. The Morgan fingerprint density at radius 1 is 1.00 bits per heavy atom. The van der Waals surface area contributed by atoms with Crippen molar-refractivity contribution >= 4 is 33.4 Å². The molecule has 0 aromatic heterocycles. The second-order valence-corrected chi connectivity index (χ2v) is 6.25. The highest BCUT2D eigenvalue weighted by Gasteiger charge is 2.62. The van der Waals surface area contributed by atoms with E-state index in [0.29, 0.717) is 5.69 Å². The molecule has 3 saturated heterocycles. The molecule has 0 radical (unpaired) electrons. The molecule has 98 valence electrons. The molecular formula is C14H12BrNO3. The highest BCUT2D eigenvalue weighted by Crippen LogP contribution is 2.49. The summed E-state index contributed by atoms with van der Waals surface area (Å²) in [6.45, 7) is 0. The Kier molecular flexibility index (Phi) is 2.38. The van der Waals surface area contributed by atoms with Crippen LogP contribution in [0.4, 0.5) is 5.69 Å². The SMILES string of the molecule is O=C1C2C3CCC(O3)C2C(=O)N1c1ccc(Br)cc1. The van der Waals surface area contributed by atoms with Crippen LogP contribution in [-0.4, -0.2) is 24.0 Å². The van der Waals surface area contributed by atoms with Crippen LogP contribution in [0.3, 0.4) is 0 Å². The van der Waals surface area contributed by atoms with Crippen molar-refractivity contribution in [3.8, 4) is 0 Å². The fraction of sp³-hybridized carbons (Fsp3) is 0.429. The van der Waals surface area contributed by atoms with Gasteiger partial charge in [0, 0.05) is 4.47 Å². The number of carbonyl (C=O) groups excluding carboxylic acids is 2. The van der Waals surface area contributed by atoms with Gasteiger partial charge in [-0.2, -0.15) is 0 Å². The quantitative estimate of drug-likeness (QED) is 0.744. The van der Waals surface area contributed by atoms with Crippen molar-refractivity contribution in [3.05, 3.63) is 28.7 Å². The van der Waals surface area contributed by atoms with E-state index in [1.807, 2.05) is 12.1 Å². The van der Waals surface area contributed by atoms with Gasteiger partial charge in [0.05, 0.1) is 29.7 Å². The zero-order valence-electron chi connectivity index (χ0n) is 10.1. The van der Waals surface area contributed by atoms with Gasteiger partial charge in [0.1, 0.15) is 0 Å². The van der Waals surface area contributed by atoms with Crippen molar-refractivity contribution in [2.45, 2.75) is 25.0 Å². The normalized spacial score (nSPS) is 36.2. The van der Waals surface area contributed by atoms with Crippen molar-refractivity contribution in [3.63, 3.8) is 0 Å². The Balaban J connectivity index is 1.73. The number of ether oxygens (including phenoxy) is 1. The molecule has 3 aliphatic heterocycles. The van der Waals surface area contributed by atoms with E-state index in [2.05, 4.69) is 15.9 Å². The van der Waals surface area contributed by atoms with Crippen LogP contribution < -0.4 is 4.90 Å². The molecule has 5 heteroatoms. The Labute approximate surface area is 118 Å². The topological polar surface area (TPSA) is 46.6 Å². The number of rotatable bonds is 1. The third kappa shape index (κ3) is 1.48. The Hall–Kier alpha value is -1.20. The minimum Gasteiger partial charge on any atom is -0.373 e. The molecule has 4 rings (SSSR count). The monoisotopic (exact) mass is 321 g/mol. The maximum absolute atomic E-state index is 12.5. The minimum atomic E-state index is -0.255. The largest absolute Gasteiger partial charge is 0.373 e. The van der Waals surface area contributed by atoms with E-state index in [4.69, 9.17) is 4.74 Å². The molecule has 1 aromatic carbocycles. The number of fused-ring (bicyclic) bond motifs is 5. The lowest BCUT2D eigenvalue weighted by Crippen LogP contribution is -2.34. The zero-order chi connectivity index (χ0) is 13.1. The van der Waals surface area contributed by atoms with Gasteiger partial charge < -0.3 is 4.74 Å². The van der Waals surface area contributed by atoms with E-state index >= 15 is 0 Å². The van der Waals surface area contributed by atoms with Gasteiger partial charge in [0.25, 0.3) is 0 Å². The molecule has 1 aromatic rings. The minimum absolute atomic E-state index is 0.0492. The molecule has 0 saturated carbocycles. The molecule has 0 spiro atoms. The lowest BCUT2D eigenvalue weighted by molar-refractivity contribution is -0.124. The first-order valence-electron chi connectivity index (χ1n) is 6.45. The summed E-state index contributed by atoms with van der Waals surface area (Å²) in [5.74, 6) is -0.696. The zero-order valence-corrected chi connectivity index (χ0v) is 11.7. The highest BCUT2D eigenvalue weighted by atomic mass is 79.9. The predicted molar refractivity (Wildman–Crippen MR) is 71.5 cm³/mol. The van der Waals surface area contributed by atoms with Gasteiger partial charge in [0.2, 0.25) is 11.8 Å². The van der Waals surface area contributed by atoms with Crippen LogP contribution in [0, 0.1) is 11.8 Å². The molecule has 2 bridgehead atoms. The van der Waals surface area contributed by atoms with E-state index in [0.717, 1.165) is 17.3 Å². The van der Waals surface area contributed by atoms with Crippen LogP contribution in [0.2, 0.25) is 0 Å². The molecule has 4 atom stereocenters. The van der Waals surface area contributed by atoms with Crippen LogP contribution >= 0.6 is 15.9 Å². The van der Waals surface area contributed by atoms with Crippen molar-refractivity contribution in [1.29, 1.82) is 0 Å². The number of carbonyl (C=O) groups is 2. The smallest absolute Gasteiger partial charge is 0.240 e. The summed E-state index contributed by atoms with van der Waals surface area (Å²) in [6, 6.07) is 7.28. The van der Waals surface area contributed by atoms with Crippen molar-refractivity contribution in [1.82, 2.24) is 0 Å². The van der Waals surface area contributed by atoms with Gasteiger partial charge in [-0.1, -0.05) is 15.9 Å². The van der Waals surface area contributed by atoms with Crippen LogP contribution in [0.5, 0.6) is 0 Å². The molecule has 4 nitrogen and oxygen atoms in total. The summed E-state index contributed by atoms with van der Waals surface area (Å²) < 4.78 is 6.64. The first-order valence-corrected chi connectivity index (χ1v) is 7.25. The molecular weight excluding hydrogens is 310 g/mol. The van der Waals surface area contributed by atoms with E-state index in [-0.39, 0.29) is 35.9 Å². The first-order chi connectivity index (χ1) is 9.16. The number of hydrogen-bond acceptors (Lipinski definition) is 3. The third-order valence-electron chi connectivity index (χ3n) is 4.37. The molecule has 4 unspecified atom stereocenters. The first kappa shape index (κ1) is 11.6. The van der Waals surface area contributed by atoms with E-state index in [1.54, 1.807) is 12.1 Å². The summed E-state index contributed by atoms with van der Waals surface area (Å²) in [7, 11) is 0. The van der Waals surface area contributed by atoms with Gasteiger partial charge in [0.15, 0.2) is 0 Å².